The Morgan fingerprint density at radius 2 is 1.71 bits per heavy atom. The number of nitrogens with one attached hydrogen (secondary N) is 2. The van der Waals surface area contributed by atoms with Gasteiger partial charge in [0.05, 0.1) is 12.1 Å². The Balaban J connectivity index is 4.94. The van der Waals surface area contributed by atoms with Gasteiger partial charge in [0.15, 0.2) is 6.04 Å². The van der Waals surface area contributed by atoms with Gasteiger partial charge in [-0.15, -0.1) is 0 Å². The van der Waals surface area contributed by atoms with Crippen molar-refractivity contribution < 1.29 is 24.6 Å². The fourth-order valence-electron chi connectivity index (χ4n) is 2.04. The molecule has 9 heteroatoms. The van der Waals surface area contributed by atoms with Crippen molar-refractivity contribution in [2.75, 3.05) is 12.0 Å². The van der Waals surface area contributed by atoms with Crippen molar-refractivity contribution in [2.45, 2.75) is 57.8 Å². The maximum atomic E-state index is 12.3. The van der Waals surface area contributed by atoms with Crippen LogP contribution >= 0.6 is 11.8 Å². The molecule has 0 aromatic rings. The van der Waals surface area contributed by atoms with Crippen LogP contribution in [0.15, 0.2) is 0 Å². The lowest BCUT2D eigenvalue weighted by atomic mass is 10.0. The Labute approximate surface area is 146 Å². The minimum atomic E-state index is -1.43. The zero-order valence-electron chi connectivity index (χ0n) is 14.6. The van der Waals surface area contributed by atoms with Gasteiger partial charge in [-0.3, -0.25) is 9.59 Å². The molecular formula is C15H29N3O5S. The molecule has 140 valence electrons. The molecule has 0 aliphatic carbocycles. The Hall–Kier alpha value is -1.32. The van der Waals surface area contributed by atoms with Crippen LogP contribution in [0.4, 0.5) is 0 Å². The van der Waals surface area contributed by atoms with Gasteiger partial charge in [-0.05, 0) is 37.7 Å². The number of aliphatic hydroxyl groups excluding tert-OH is 1. The predicted molar refractivity (Wildman–Crippen MR) is 93.6 cm³/mol. The summed E-state index contributed by atoms with van der Waals surface area (Å²) in [6, 6.07) is -3.07. The fourth-order valence-corrected chi connectivity index (χ4v) is 2.51. The summed E-state index contributed by atoms with van der Waals surface area (Å²) in [5.74, 6) is -1.61. The van der Waals surface area contributed by atoms with E-state index in [4.69, 9.17) is 10.8 Å². The molecule has 0 aromatic carbocycles. The number of aliphatic hydroxyl groups is 1. The van der Waals surface area contributed by atoms with Gasteiger partial charge in [0.2, 0.25) is 11.8 Å². The monoisotopic (exact) mass is 363 g/mol. The van der Waals surface area contributed by atoms with Gasteiger partial charge in [-0.25, -0.2) is 4.79 Å². The predicted octanol–water partition coefficient (Wildman–Crippen LogP) is -0.452. The molecule has 0 radical (unpaired) electrons. The van der Waals surface area contributed by atoms with Crippen LogP contribution in [-0.4, -0.2) is 64.2 Å². The standard InChI is InChI=1S/C15H29N3O5S/c1-8(2)7-10(16)13(20)17-11(5-6-24-4)14(21)18-12(9(3)19)15(22)23/h8-12,19H,5-7,16H2,1-4H3,(H,17,20)(H,18,21)(H,22,23)/t9-,10+,11+,12+/m1/s1. The zero-order valence-corrected chi connectivity index (χ0v) is 15.4. The van der Waals surface area contributed by atoms with E-state index in [1.54, 1.807) is 0 Å². The van der Waals surface area contributed by atoms with E-state index >= 15 is 0 Å². The van der Waals surface area contributed by atoms with Crippen LogP contribution in [0.5, 0.6) is 0 Å². The van der Waals surface area contributed by atoms with E-state index in [1.165, 1.54) is 18.7 Å². The lowest BCUT2D eigenvalue weighted by Gasteiger charge is -2.24. The summed E-state index contributed by atoms with van der Waals surface area (Å²) in [7, 11) is 0. The molecule has 4 atom stereocenters. The molecule has 24 heavy (non-hydrogen) atoms. The largest absolute Gasteiger partial charge is 0.480 e. The summed E-state index contributed by atoms with van der Waals surface area (Å²) in [6.07, 6.45) is 1.41. The molecule has 0 saturated carbocycles. The Bertz CT molecular complexity index is 431. The first-order valence-corrected chi connectivity index (χ1v) is 9.25. The molecule has 0 heterocycles. The van der Waals surface area contributed by atoms with Crippen LogP contribution in [0, 0.1) is 5.92 Å². The number of carbonyl (C=O) groups excluding carboxylic acids is 2. The van der Waals surface area contributed by atoms with Crippen LogP contribution in [-0.2, 0) is 14.4 Å². The number of carboxylic acid groups (broad SMARTS) is 1. The van der Waals surface area contributed by atoms with E-state index in [0.29, 0.717) is 18.6 Å². The van der Waals surface area contributed by atoms with Gasteiger partial charge in [-0.2, -0.15) is 11.8 Å². The van der Waals surface area contributed by atoms with Crippen molar-refractivity contribution in [1.82, 2.24) is 10.6 Å². The average Bonchev–Trinajstić information content (AvgIpc) is 2.46. The minimum Gasteiger partial charge on any atom is -0.480 e. The number of aliphatic carboxylic acids is 1. The summed E-state index contributed by atoms with van der Waals surface area (Å²) in [5, 5.41) is 23.3. The maximum absolute atomic E-state index is 12.3. The van der Waals surface area contributed by atoms with Gasteiger partial charge >= 0.3 is 5.97 Å². The van der Waals surface area contributed by atoms with Gasteiger partial charge in [-0.1, -0.05) is 13.8 Å². The van der Waals surface area contributed by atoms with E-state index in [0.717, 1.165) is 0 Å². The van der Waals surface area contributed by atoms with E-state index in [1.807, 2.05) is 20.1 Å². The number of rotatable bonds is 11. The van der Waals surface area contributed by atoms with Crippen LogP contribution < -0.4 is 16.4 Å². The van der Waals surface area contributed by atoms with Gasteiger partial charge < -0.3 is 26.6 Å². The third-order valence-corrected chi connectivity index (χ3v) is 4.00. The normalized spacial score (nSPS) is 16.1. The quantitative estimate of drug-likeness (QED) is 0.334. The SMILES string of the molecule is CSCC[C@H](NC(=O)[C@@H](N)CC(C)C)C(=O)N[C@H](C(=O)O)[C@@H](C)O. The Morgan fingerprint density at radius 1 is 1.12 bits per heavy atom. The number of amides is 2. The Kier molecular flexibility index (Phi) is 10.7. The van der Waals surface area contributed by atoms with Crippen LogP contribution in [0.3, 0.4) is 0 Å². The lowest BCUT2D eigenvalue weighted by molar-refractivity contribution is -0.145. The number of thioether (sulfide) groups is 1. The summed E-state index contributed by atoms with van der Waals surface area (Å²) in [4.78, 5) is 35.5. The minimum absolute atomic E-state index is 0.232. The van der Waals surface area contributed by atoms with Gasteiger partial charge in [0, 0.05) is 0 Å². The summed E-state index contributed by atoms with van der Waals surface area (Å²) >= 11 is 1.50. The smallest absolute Gasteiger partial charge is 0.328 e. The third-order valence-electron chi connectivity index (χ3n) is 3.35. The zero-order chi connectivity index (χ0) is 18.9. The Morgan fingerprint density at radius 3 is 2.12 bits per heavy atom. The highest BCUT2D eigenvalue weighted by Gasteiger charge is 2.30. The highest BCUT2D eigenvalue weighted by atomic mass is 32.2. The maximum Gasteiger partial charge on any atom is 0.328 e. The lowest BCUT2D eigenvalue weighted by Crippen LogP contribution is -2.56. The second-order valence-corrected chi connectivity index (χ2v) is 7.13. The van der Waals surface area contributed by atoms with Gasteiger partial charge in [0.1, 0.15) is 6.04 Å². The molecular weight excluding hydrogens is 334 g/mol. The van der Waals surface area contributed by atoms with Crippen molar-refractivity contribution in [3.63, 3.8) is 0 Å². The highest BCUT2D eigenvalue weighted by Crippen LogP contribution is 2.06. The summed E-state index contributed by atoms with van der Waals surface area (Å²) in [6.45, 7) is 5.14. The number of carbonyl (C=O) groups is 3. The van der Waals surface area contributed by atoms with Crippen molar-refractivity contribution in [3.05, 3.63) is 0 Å². The summed E-state index contributed by atoms with van der Waals surface area (Å²) in [5.41, 5.74) is 5.81. The number of hydrogen-bond donors (Lipinski definition) is 5. The highest BCUT2D eigenvalue weighted by molar-refractivity contribution is 7.98. The number of carboxylic acids is 1. The van der Waals surface area contributed by atoms with Crippen LogP contribution in [0.25, 0.3) is 0 Å². The summed E-state index contributed by atoms with van der Waals surface area (Å²) < 4.78 is 0. The van der Waals surface area contributed by atoms with Gasteiger partial charge in [0.25, 0.3) is 0 Å². The molecule has 0 spiro atoms. The first kappa shape index (κ1) is 22.7. The van der Waals surface area contributed by atoms with E-state index in [9.17, 15) is 19.5 Å². The number of nitrogens with two attached hydrogens (primary N) is 1. The molecule has 0 aromatic heterocycles. The van der Waals surface area contributed by atoms with Crippen molar-refractivity contribution >= 4 is 29.5 Å². The molecule has 0 saturated heterocycles. The van der Waals surface area contributed by atoms with E-state index < -0.39 is 42.0 Å². The molecule has 2 amide bonds. The molecule has 8 nitrogen and oxygen atoms in total. The van der Waals surface area contributed by atoms with Crippen molar-refractivity contribution in [3.8, 4) is 0 Å². The van der Waals surface area contributed by atoms with Crippen molar-refractivity contribution in [2.24, 2.45) is 11.7 Å². The topological polar surface area (TPSA) is 142 Å². The molecule has 0 fully saturated rings. The van der Waals surface area contributed by atoms with E-state index in [-0.39, 0.29) is 5.92 Å². The molecule has 0 aliphatic rings. The molecule has 0 aliphatic heterocycles. The second-order valence-electron chi connectivity index (χ2n) is 6.14. The first-order chi connectivity index (χ1) is 11.1. The fraction of sp³-hybridized carbons (Fsp3) is 0.800. The first-order valence-electron chi connectivity index (χ1n) is 7.86. The average molecular weight is 363 g/mol. The molecule has 0 bridgehead atoms. The number of hydrogen-bond acceptors (Lipinski definition) is 6. The molecule has 0 unspecified atom stereocenters. The van der Waals surface area contributed by atoms with Crippen LogP contribution in [0.2, 0.25) is 0 Å². The second kappa shape index (κ2) is 11.3. The molecule has 0 rings (SSSR count). The molecule has 6 N–H and O–H groups in total. The van der Waals surface area contributed by atoms with Crippen molar-refractivity contribution in [1.29, 1.82) is 0 Å². The van der Waals surface area contributed by atoms with E-state index in [2.05, 4.69) is 10.6 Å². The van der Waals surface area contributed by atoms with Crippen LogP contribution in [0.1, 0.15) is 33.6 Å². The third kappa shape index (κ3) is 8.51.